The molecule has 0 amide bonds. The second-order valence-electron chi connectivity index (χ2n) is 5.85. The molecule has 1 unspecified atom stereocenters. The lowest BCUT2D eigenvalue weighted by molar-refractivity contribution is -0.396. The molecule has 154 valence electrons. The molecule has 0 bridgehead atoms. The van der Waals surface area contributed by atoms with Gasteiger partial charge in [0, 0.05) is 6.42 Å². The molecular weight excluding hydrogens is 383 g/mol. The Kier molecular flexibility index (Phi) is 8.49. The first-order chi connectivity index (χ1) is 11.6. The van der Waals surface area contributed by atoms with Gasteiger partial charge in [-0.1, -0.05) is 18.9 Å². The van der Waals surface area contributed by atoms with Crippen molar-refractivity contribution in [3.8, 4) is 0 Å². The van der Waals surface area contributed by atoms with Crippen LogP contribution in [0, 0.1) is 5.92 Å². The molecule has 0 spiro atoms. The Balaban J connectivity index is 4.99. The minimum absolute atomic E-state index is 0.191. The quantitative estimate of drug-likeness (QED) is 0.244. The second-order valence-corrected chi connectivity index (χ2v) is 5.85. The molecule has 0 saturated heterocycles. The zero-order valence-corrected chi connectivity index (χ0v) is 13.6. The van der Waals surface area contributed by atoms with Gasteiger partial charge in [-0.2, -0.15) is 39.5 Å². The van der Waals surface area contributed by atoms with Crippen molar-refractivity contribution in [2.75, 3.05) is 0 Å². The molecule has 0 aliphatic rings. The highest BCUT2D eigenvalue weighted by molar-refractivity contribution is 5.69. The number of carboxylic acids is 1. The van der Waals surface area contributed by atoms with E-state index in [9.17, 15) is 44.3 Å². The topological polar surface area (TPSA) is 37.3 Å². The molecule has 0 aromatic rings. The molecule has 0 aromatic carbocycles. The fraction of sp³-hybridized carbons (Fsp3) is 0.800. The molecular formula is C15H19F9O2. The standard InChI is InChI=1S/C15H19F9O2/c1-2-3-4-5-6-7-10(11(25)26)8-9-12(16,17)13(18,19)14(20,21)15(22,23)24/h2,10H,1,3-9H2,(H,25,26). The molecule has 0 saturated carbocycles. The lowest BCUT2D eigenvalue weighted by atomic mass is 9.91. The molecule has 1 atom stereocenters. The van der Waals surface area contributed by atoms with Crippen molar-refractivity contribution in [2.24, 2.45) is 5.92 Å². The van der Waals surface area contributed by atoms with Crippen LogP contribution in [-0.2, 0) is 4.79 Å². The Labute approximate surface area is 144 Å². The summed E-state index contributed by atoms with van der Waals surface area (Å²) >= 11 is 0. The van der Waals surface area contributed by atoms with Gasteiger partial charge in [0.25, 0.3) is 0 Å². The van der Waals surface area contributed by atoms with Gasteiger partial charge in [0.1, 0.15) is 0 Å². The maximum absolute atomic E-state index is 13.4. The van der Waals surface area contributed by atoms with Crippen LogP contribution >= 0.6 is 0 Å². The summed E-state index contributed by atoms with van der Waals surface area (Å²) in [5, 5.41) is 8.89. The summed E-state index contributed by atoms with van der Waals surface area (Å²) in [6.07, 6.45) is -6.77. The predicted octanol–water partition coefficient (Wildman–Crippen LogP) is 6.07. The average molecular weight is 402 g/mol. The van der Waals surface area contributed by atoms with Gasteiger partial charge < -0.3 is 5.11 Å². The molecule has 0 radical (unpaired) electrons. The smallest absolute Gasteiger partial charge is 0.460 e. The number of allylic oxidation sites excluding steroid dienone is 1. The third kappa shape index (κ3) is 5.80. The Bertz CT molecular complexity index is 472. The van der Waals surface area contributed by atoms with Crippen molar-refractivity contribution < 1.29 is 49.4 Å². The van der Waals surface area contributed by atoms with Gasteiger partial charge in [-0.3, -0.25) is 4.79 Å². The van der Waals surface area contributed by atoms with E-state index in [4.69, 9.17) is 5.11 Å². The molecule has 0 aliphatic heterocycles. The largest absolute Gasteiger partial charge is 0.481 e. The molecule has 26 heavy (non-hydrogen) atoms. The Hall–Kier alpha value is -1.42. The zero-order valence-electron chi connectivity index (χ0n) is 13.6. The van der Waals surface area contributed by atoms with Crippen LogP contribution in [0.1, 0.15) is 44.9 Å². The lowest BCUT2D eigenvalue weighted by Gasteiger charge is -2.34. The van der Waals surface area contributed by atoms with Crippen LogP contribution in [0.25, 0.3) is 0 Å². The van der Waals surface area contributed by atoms with Crippen LogP contribution in [0.5, 0.6) is 0 Å². The summed E-state index contributed by atoms with van der Waals surface area (Å²) in [6, 6.07) is 0. The van der Waals surface area contributed by atoms with Crippen LogP contribution in [0.15, 0.2) is 12.7 Å². The van der Waals surface area contributed by atoms with E-state index in [0.717, 1.165) is 0 Å². The first-order valence-corrected chi connectivity index (χ1v) is 7.65. The minimum atomic E-state index is -6.95. The van der Waals surface area contributed by atoms with Crippen LogP contribution in [0.4, 0.5) is 39.5 Å². The van der Waals surface area contributed by atoms with Crippen LogP contribution in [0.2, 0.25) is 0 Å². The van der Waals surface area contributed by atoms with Crippen molar-refractivity contribution in [1.29, 1.82) is 0 Å². The molecule has 2 nitrogen and oxygen atoms in total. The molecule has 1 N–H and O–H groups in total. The van der Waals surface area contributed by atoms with Crippen molar-refractivity contribution in [3.05, 3.63) is 12.7 Å². The highest BCUT2D eigenvalue weighted by Gasteiger charge is 2.81. The number of hydrogen-bond donors (Lipinski definition) is 1. The number of aliphatic carboxylic acids is 1. The van der Waals surface area contributed by atoms with Gasteiger partial charge in [-0.25, -0.2) is 0 Å². The summed E-state index contributed by atoms with van der Waals surface area (Å²) in [5.74, 6) is -22.6. The van der Waals surface area contributed by atoms with E-state index in [0.29, 0.717) is 19.3 Å². The van der Waals surface area contributed by atoms with E-state index < -0.39 is 48.7 Å². The summed E-state index contributed by atoms with van der Waals surface area (Å²) < 4.78 is 115. The number of halogens is 9. The first kappa shape index (κ1) is 24.6. The van der Waals surface area contributed by atoms with Crippen molar-refractivity contribution in [3.63, 3.8) is 0 Å². The Morgan fingerprint density at radius 3 is 1.85 bits per heavy atom. The van der Waals surface area contributed by atoms with Crippen LogP contribution in [-0.4, -0.2) is 35.0 Å². The number of carboxylic acid groups (broad SMARTS) is 1. The molecule has 0 heterocycles. The normalized spacial score (nSPS) is 15.0. The van der Waals surface area contributed by atoms with Crippen molar-refractivity contribution >= 4 is 5.97 Å². The molecule has 0 aliphatic carbocycles. The average Bonchev–Trinajstić information content (AvgIpc) is 2.48. The number of rotatable bonds is 12. The maximum Gasteiger partial charge on any atom is 0.460 e. The van der Waals surface area contributed by atoms with Gasteiger partial charge in [0.05, 0.1) is 5.92 Å². The van der Waals surface area contributed by atoms with Crippen molar-refractivity contribution in [2.45, 2.75) is 68.9 Å². The van der Waals surface area contributed by atoms with Gasteiger partial charge in [0.2, 0.25) is 0 Å². The maximum atomic E-state index is 13.4. The third-order valence-electron chi connectivity index (χ3n) is 3.83. The molecule has 11 heteroatoms. The summed E-state index contributed by atoms with van der Waals surface area (Å²) in [4.78, 5) is 11.0. The van der Waals surface area contributed by atoms with Gasteiger partial charge in [-0.05, 0) is 25.7 Å². The fourth-order valence-corrected chi connectivity index (χ4v) is 2.17. The highest BCUT2D eigenvalue weighted by atomic mass is 19.4. The predicted molar refractivity (Wildman–Crippen MR) is 74.5 cm³/mol. The molecule has 0 fully saturated rings. The Morgan fingerprint density at radius 2 is 1.42 bits per heavy atom. The highest BCUT2D eigenvalue weighted by Crippen LogP contribution is 2.54. The monoisotopic (exact) mass is 402 g/mol. The first-order valence-electron chi connectivity index (χ1n) is 7.65. The van der Waals surface area contributed by atoms with Crippen molar-refractivity contribution in [1.82, 2.24) is 0 Å². The van der Waals surface area contributed by atoms with E-state index >= 15 is 0 Å². The summed E-state index contributed by atoms with van der Waals surface area (Å²) in [6.45, 7) is 3.45. The van der Waals surface area contributed by atoms with E-state index in [1.807, 2.05) is 0 Å². The number of carbonyl (C=O) groups is 1. The lowest BCUT2D eigenvalue weighted by Crippen LogP contribution is -2.60. The van der Waals surface area contributed by atoms with E-state index in [-0.39, 0.29) is 12.8 Å². The Morgan fingerprint density at radius 1 is 0.885 bits per heavy atom. The minimum Gasteiger partial charge on any atom is -0.481 e. The number of unbranched alkanes of at least 4 members (excludes halogenated alkanes) is 3. The summed E-state index contributed by atoms with van der Waals surface area (Å²) in [5.41, 5.74) is 0. The number of hydrogen-bond acceptors (Lipinski definition) is 1. The molecule has 0 rings (SSSR count). The van der Waals surface area contributed by atoms with Gasteiger partial charge >= 0.3 is 29.9 Å². The zero-order chi connectivity index (χ0) is 20.8. The van der Waals surface area contributed by atoms with E-state index in [1.54, 1.807) is 6.08 Å². The van der Waals surface area contributed by atoms with Gasteiger partial charge in [-0.15, -0.1) is 6.58 Å². The fourth-order valence-electron chi connectivity index (χ4n) is 2.17. The van der Waals surface area contributed by atoms with Crippen LogP contribution in [0.3, 0.4) is 0 Å². The van der Waals surface area contributed by atoms with E-state index in [2.05, 4.69) is 6.58 Å². The van der Waals surface area contributed by atoms with E-state index in [1.165, 1.54) is 0 Å². The molecule has 0 aromatic heterocycles. The summed E-state index contributed by atoms with van der Waals surface area (Å²) in [7, 11) is 0. The second kappa shape index (κ2) is 8.98. The van der Waals surface area contributed by atoms with Crippen LogP contribution < -0.4 is 0 Å². The SMILES string of the molecule is C=CCCCCCC(CCC(F)(F)C(F)(F)C(F)(F)C(F)(F)F)C(=O)O. The third-order valence-corrected chi connectivity index (χ3v) is 3.83. The number of alkyl halides is 9. The van der Waals surface area contributed by atoms with Gasteiger partial charge in [0.15, 0.2) is 0 Å².